The highest BCUT2D eigenvalue weighted by Gasteiger charge is 2.23. The van der Waals surface area contributed by atoms with Crippen molar-refractivity contribution in [3.63, 3.8) is 0 Å². The van der Waals surface area contributed by atoms with Crippen molar-refractivity contribution in [1.82, 2.24) is 15.5 Å². The molecule has 0 saturated carbocycles. The van der Waals surface area contributed by atoms with Gasteiger partial charge in [-0.2, -0.15) is 5.26 Å². The summed E-state index contributed by atoms with van der Waals surface area (Å²) in [4.78, 5) is 15.0. The van der Waals surface area contributed by atoms with E-state index in [1.165, 1.54) is 4.88 Å². The predicted molar refractivity (Wildman–Crippen MR) is 74.9 cm³/mol. The van der Waals surface area contributed by atoms with Crippen molar-refractivity contribution in [2.75, 3.05) is 32.7 Å². The molecule has 1 aliphatic rings. The van der Waals surface area contributed by atoms with Crippen molar-refractivity contribution in [2.45, 2.75) is 12.5 Å². The van der Waals surface area contributed by atoms with Crippen LogP contribution in [0.25, 0.3) is 0 Å². The van der Waals surface area contributed by atoms with E-state index in [0.717, 1.165) is 19.5 Å². The predicted octanol–water partition coefficient (Wildman–Crippen LogP) is 0.204. The lowest BCUT2D eigenvalue weighted by atomic mass is 10.2. The van der Waals surface area contributed by atoms with E-state index in [1.54, 1.807) is 11.3 Å². The topological polar surface area (TPSA) is 68.2 Å². The minimum absolute atomic E-state index is 0.00120. The summed E-state index contributed by atoms with van der Waals surface area (Å²) in [7, 11) is 0. The third-order valence-corrected chi connectivity index (χ3v) is 4.06. The number of nitriles is 1. The van der Waals surface area contributed by atoms with Crippen molar-refractivity contribution >= 4 is 17.2 Å². The fourth-order valence-electron chi connectivity index (χ4n) is 2.08. The van der Waals surface area contributed by atoms with Crippen LogP contribution in [0.1, 0.15) is 4.88 Å². The number of thiophene rings is 1. The van der Waals surface area contributed by atoms with Gasteiger partial charge in [-0.25, -0.2) is 0 Å². The smallest absolute Gasteiger partial charge is 0.234 e. The van der Waals surface area contributed by atoms with E-state index in [1.807, 2.05) is 16.3 Å². The fraction of sp³-hybridized carbons (Fsp3) is 0.538. The Bertz CT molecular complexity index is 440. The number of carbonyl (C=O) groups is 1. The molecule has 2 heterocycles. The molecule has 1 aromatic rings. The maximum Gasteiger partial charge on any atom is 0.234 e. The maximum atomic E-state index is 11.8. The van der Waals surface area contributed by atoms with Crippen LogP contribution < -0.4 is 10.6 Å². The lowest BCUT2D eigenvalue weighted by Gasteiger charge is -2.31. The summed E-state index contributed by atoms with van der Waals surface area (Å²) in [5, 5.41) is 17.1. The molecule has 0 bridgehead atoms. The Hall–Kier alpha value is -1.42. The average molecular weight is 278 g/mol. The van der Waals surface area contributed by atoms with Crippen LogP contribution >= 0.6 is 11.3 Å². The number of hydrogen-bond donors (Lipinski definition) is 2. The standard InChI is InChI=1S/C13H18N4OS/c14-8-11-9-15-5-6-17(11)10-13(18)16-4-3-12-2-1-7-19-12/h1-2,7,11,15H,3-6,9-10H2,(H,16,18). The molecule has 1 amide bonds. The van der Waals surface area contributed by atoms with Crippen molar-refractivity contribution in [3.8, 4) is 6.07 Å². The van der Waals surface area contributed by atoms with Crippen LogP contribution in [0.4, 0.5) is 0 Å². The van der Waals surface area contributed by atoms with Gasteiger partial charge in [0.1, 0.15) is 6.04 Å². The largest absolute Gasteiger partial charge is 0.355 e. The molecular formula is C13H18N4OS. The molecule has 0 aromatic carbocycles. The zero-order chi connectivity index (χ0) is 13.5. The molecule has 1 unspecified atom stereocenters. The number of nitrogens with one attached hydrogen (secondary N) is 2. The van der Waals surface area contributed by atoms with Gasteiger partial charge in [-0.1, -0.05) is 6.07 Å². The van der Waals surface area contributed by atoms with Crippen LogP contribution in [-0.4, -0.2) is 49.6 Å². The Morgan fingerprint density at radius 3 is 3.32 bits per heavy atom. The van der Waals surface area contributed by atoms with Gasteiger partial charge in [0.15, 0.2) is 0 Å². The minimum Gasteiger partial charge on any atom is -0.355 e. The molecule has 6 heteroatoms. The van der Waals surface area contributed by atoms with Gasteiger partial charge in [-0.05, 0) is 17.9 Å². The lowest BCUT2D eigenvalue weighted by molar-refractivity contribution is -0.122. The van der Waals surface area contributed by atoms with Crippen LogP contribution in [0.2, 0.25) is 0 Å². The van der Waals surface area contributed by atoms with Gasteiger partial charge in [0.25, 0.3) is 0 Å². The molecule has 19 heavy (non-hydrogen) atoms. The lowest BCUT2D eigenvalue weighted by Crippen LogP contribution is -2.53. The summed E-state index contributed by atoms with van der Waals surface area (Å²) in [6.07, 6.45) is 0.868. The van der Waals surface area contributed by atoms with Gasteiger partial charge in [-0.15, -0.1) is 11.3 Å². The quantitative estimate of drug-likeness (QED) is 0.807. The van der Waals surface area contributed by atoms with Gasteiger partial charge in [0.2, 0.25) is 5.91 Å². The van der Waals surface area contributed by atoms with Gasteiger partial charge in [0, 0.05) is 31.1 Å². The Morgan fingerprint density at radius 1 is 1.68 bits per heavy atom. The highest BCUT2D eigenvalue weighted by Crippen LogP contribution is 2.08. The van der Waals surface area contributed by atoms with Gasteiger partial charge in [0.05, 0.1) is 12.6 Å². The molecule has 102 valence electrons. The van der Waals surface area contributed by atoms with E-state index in [2.05, 4.69) is 22.8 Å². The highest BCUT2D eigenvalue weighted by atomic mass is 32.1. The number of rotatable bonds is 5. The van der Waals surface area contributed by atoms with Crippen LogP contribution in [0, 0.1) is 11.3 Å². The second-order valence-electron chi connectivity index (χ2n) is 4.50. The first-order valence-corrected chi connectivity index (χ1v) is 7.31. The molecule has 1 aliphatic heterocycles. The van der Waals surface area contributed by atoms with Crippen LogP contribution in [0.5, 0.6) is 0 Å². The Kier molecular flexibility index (Phi) is 5.33. The summed E-state index contributed by atoms with van der Waals surface area (Å²) in [6.45, 7) is 3.18. The molecule has 5 nitrogen and oxygen atoms in total. The molecule has 0 radical (unpaired) electrons. The number of piperazine rings is 1. The SMILES string of the molecule is N#CC1CNCCN1CC(=O)NCCc1cccs1. The Balaban J connectivity index is 1.70. The molecule has 1 saturated heterocycles. The van der Waals surface area contributed by atoms with E-state index in [0.29, 0.717) is 19.6 Å². The highest BCUT2D eigenvalue weighted by molar-refractivity contribution is 7.09. The number of nitrogens with zero attached hydrogens (tertiary/aromatic N) is 2. The van der Waals surface area contributed by atoms with Gasteiger partial charge in [-0.3, -0.25) is 9.69 Å². The first kappa shape index (κ1) is 14.0. The van der Waals surface area contributed by atoms with E-state index < -0.39 is 0 Å². The van der Waals surface area contributed by atoms with E-state index in [9.17, 15) is 4.79 Å². The molecule has 0 spiro atoms. The first-order chi connectivity index (χ1) is 9.29. The summed E-state index contributed by atoms with van der Waals surface area (Å²) >= 11 is 1.70. The average Bonchev–Trinajstić information content (AvgIpc) is 2.92. The van der Waals surface area contributed by atoms with Gasteiger partial charge < -0.3 is 10.6 Å². The summed E-state index contributed by atoms with van der Waals surface area (Å²) in [6, 6.07) is 6.11. The second kappa shape index (κ2) is 7.24. The summed E-state index contributed by atoms with van der Waals surface area (Å²) in [5.41, 5.74) is 0. The summed E-state index contributed by atoms with van der Waals surface area (Å²) < 4.78 is 0. The molecule has 0 aliphatic carbocycles. The fourth-order valence-corrected chi connectivity index (χ4v) is 2.79. The molecule has 1 fully saturated rings. The monoisotopic (exact) mass is 278 g/mol. The van der Waals surface area contributed by atoms with Crippen LogP contribution in [0.15, 0.2) is 17.5 Å². The van der Waals surface area contributed by atoms with Crippen molar-refractivity contribution in [3.05, 3.63) is 22.4 Å². The number of hydrogen-bond acceptors (Lipinski definition) is 5. The Labute approximate surface area is 117 Å². The molecule has 2 rings (SSSR count). The molecule has 2 N–H and O–H groups in total. The van der Waals surface area contributed by atoms with E-state index in [4.69, 9.17) is 5.26 Å². The van der Waals surface area contributed by atoms with E-state index >= 15 is 0 Å². The third kappa shape index (κ3) is 4.31. The normalized spacial score (nSPS) is 19.8. The Morgan fingerprint density at radius 2 is 2.58 bits per heavy atom. The minimum atomic E-state index is -0.197. The number of amides is 1. The molecule has 1 atom stereocenters. The zero-order valence-electron chi connectivity index (χ0n) is 10.8. The summed E-state index contributed by atoms with van der Waals surface area (Å²) in [5.74, 6) is -0.00120. The van der Waals surface area contributed by atoms with Gasteiger partial charge >= 0.3 is 0 Å². The van der Waals surface area contributed by atoms with Crippen molar-refractivity contribution in [1.29, 1.82) is 5.26 Å². The van der Waals surface area contributed by atoms with Crippen LogP contribution in [0.3, 0.4) is 0 Å². The van der Waals surface area contributed by atoms with E-state index in [-0.39, 0.29) is 11.9 Å². The van der Waals surface area contributed by atoms with Crippen LogP contribution in [-0.2, 0) is 11.2 Å². The zero-order valence-corrected chi connectivity index (χ0v) is 11.6. The third-order valence-electron chi connectivity index (χ3n) is 3.12. The molecular weight excluding hydrogens is 260 g/mol. The van der Waals surface area contributed by atoms with Crippen molar-refractivity contribution in [2.24, 2.45) is 0 Å². The van der Waals surface area contributed by atoms with Crippen molar-refractivity contribution < 1.29 is 4.79 Å². The maximum absolute atomic E-state index is 11.8. The molecule has 1 aromatic heterocycles. The second-order valence-corrected chi connectivity index (χ2v) is 5.53. The number of carbonyl (C=O) groups excluding carboxylic acids is 1. The first-order valence-electron chi connectivity index (χ1n) is 6.43.